The molecule has 4 N–H and O–H groups in total. The molecule has 1 aromatic carbocycles. The molecular formula is C23H32F3N3O7. The Morgan fingerprint density at radius 1 is 1.03 bits per heavy atom. The van der Waals surface area contributed by atoms with Crippen LogP contribution in [0.15, 0.2) is 42.5 Å². The minimum Gasteiger partial charge on any atom is -0.542 e. The summed E-state index contributed by atoms with van der Waals surface area (Å²) in [7, 11) is 1.22. The Hall–Kier alpha value is -3.45. The second kappa shape index (κ2) is 18.8. The number of ether oxygens (including phenoxy) is 1. The first-order chi connectivity index (χ1) is 17.0. The molecule has 0 heterocycles. The molecule has 0 aliphatic heterocycles. The van der Waals surface area contributed by atoms with Gasteiger partial charge in [0.15, 0.2) is 0 Å². The van der Waals surface area contributed by atoms with Crippen LogP contribution < -0.4 is 15.7 Å². The topological polar surface area (TPSA) is 153 Å². The van der Waals surface area contributed by atoms with Crippen molar-refractivity contribution >= 4 is 29.4 Å². The largest absolute Gasteiger partial charge is 0.542 e. The Balaban J connectivity index is 0.00000152. The van der Waals surface area contributed by atoms with Crippen molar-refractivity contribution < 1.29 is 52.7 Å². The Labute approximate surface area is 207 Å². The first-order valence-electron chi connectivity index (χ1n) is 11.2. The second-order valence-corrected chi connectivity index (χ2v) is 7.40. The highest BCUT2D eigenvalue weighted by Crippen LogP contribution is 2.11. The summed E-state index contributed by atoms with van der Waals surface area (Å²) in [6, 6.07) is 9.44. The van der Waals surface area contributed by atoms with Crippen LogP contribution in [0.25, 0.3) is 0 Å². The number of rotatable bonds is 14. The van der Waals surface area contributed by atoms with Crippen molar-refractivity contribution in [3.8, 4) is 0 Å². The molecule has 0 fully saturated rings. The molecule has 36 heavy (non-hydrogen) atoms. The van der Waals surface area contributed by atoms with Crippen LogP contribution in [-0.4, -0.2) is 66.9 Å². The van der Waals surface area contributed by atoms with Crippen LogP contribution in [-0.2, 0) is 23.9 Å². The van der Waals surface area contributed by atoms with E-state index < -0.39 is 24.0 Å². The zero-order chi connectivity index (χ0) is 27.4. The number of benzene rings is 1. The lowest BCUT2D eigenvalue weighted by atomic mass is 10.2. The minimum absolute atomic E-state index is 0.0460. The molecule has 2 amide bonds. The number of aliphatic carboxylic acids is 1. The number of carboxylic acid groups (broad SMARTS) is 1. The molecule has 13 heteroatoms. The zero-order valence-corrected chi connectivity index (χ0v) is 20.0. The lowest BCUT2D eigenvalue weighted by Gasteiger charge is -2.12. The number of carbonyl (C=O) groups excluding carboxylic acids is 4. The van der Waals surface area contributed by atoms with Crippen molar-refractivity contribution in [2.45, 2.75) is 44.7 Å². The molecule has 0 atom stereocenters. The van der Waals surface area contributed by atoms with Gasteiger partial charge in [0.05, 0.1) is 20.2 Å². The monoisotopic (exact) mass is 519 g/mol. The van der Waals surface area contributed by atoms with Crippen molar-refractivity contribution in [3.05, 3.63) is 42.5 Å². The Morgan fingerprint density at radius 2 is 1.61 bits per heavy atom. The molecule has 0 saturated heterocycles. The van der Waals surface area contributed by atoms with Gasteiger partial charge in [0, 0.05) is 30.8 Å². The van der Waals surface area contributed by atoms with Gasteiger partial charge < -0.3 is 25.3 Å². The highest BCUT2D eigenvalue weighted by Gasteiger charge is 2.28. The molecule has 0 spiro atoms. The van der Waals surface area contributed by atoms with Crippen LogP contribution in [0.3, 0.4) is 0 Å². The molecule has 0 saturated carbocycles. The molecule has 0 aliphatic carbocycles. The van der Waals surface area contributed by atoms with E-state index in [1.807, 2.05) is 30.3 Å². The van der Waals surface area contributed by atoms with Gasteiger partial charge in [-0.2, -0.15) is 13.2 Å². The molecular weight excluding hydrogens is 487 g/mol. The van der Waals surface area contributed by atoms with E-state index in [0.717, 1.165) is 56.6 Å². The Bertz CT molecular complexity index is 834. The fourth-order valence-electron chi connectivity index (χ4n) is 2.59. The van der Waals surface area contributed by atoms with Gasteiger partial charge in [0.25, 0.3) is 5.91 Å². The maximum absolute atomic E-state index is 11.8. The molecule has 1 aromatic rings. The number of unbranched alkanes of at least 4 members (excludes halogenated alkanes) is 3. The standard InChI is InChI=1S/C21H31N3O5.C2HF3O2/c1-29-21(27)14-13-20(26)24(28)17-9-8-16-22-15-7-3-6-12-19(25)23-18-10-4-2-5-11-18;3-2(4,5)1(6)7/h2,4-5,10-11,13-14,22,28H,3,6-9,12,15-17H2,1H3,(H,23,25);(H,6,7)/b14-13+;. The number of alkyl halides is 3. The van der Waals surface area contributed by atoms with Gasteiger partial charge in [-0.05, 0) is 44.2 Å². The summed E-state index contributed by atoms with van der Waals surface area (Å²) < 4.78 is 35.9. The average molecular weight is 520 g/mol. The number of methoxy groups -OCH3 is 1. The molecule has 10 nitrogen and oxygen atoms in total. The van der Waals surface area contributed by atoms with Crippen molar-refractivity contribution in [3.63, 3.8) is 0 Å². The third-order valence-electron chi connectivity index (χ3n) is 4.45. The van der Waals surface area contributed by atoms with Crippen molar-refractivity contribution in [2.75, 3.05) is 32.1 Å². The second-order valence-electron chi connectivity index (χ2n) is 7.40. The van der Waals surface area contributed by atoms with Crippen molar-refractivity contribution in [2.24, 2.45) is 0 Å². The number of para-hydroxylation sites is 1. The number of carbonyl (C=O) groups is 4. The van der Waals surface area contributed by atoms with Gasteiger partial charge in [-0.1, -0.05) is 18.2 Å². The van der Waals surface area contributed by atoms with Crippen molar-refractivity contribution in [1.29, 1.82) is 0 Å². The lowest BCUT2D eigenvalue weighted by molar-refractivity contribution is -0.655. The van der Waals surface area contributed by atoms with E-state index in [-0.39, 0.29) is 12.5 Å². The van der Waals surface area contributed by atoms with Crippen LogP contribution in [0.1, 0.15) is 38.5 Å². The van der Waals surface area contributed by atoms with E-state index >= 15 is 0 Å². The molecule has 0 radical (unpaired) electrons. The van der Waals surface area contributed by atoms with Crippen LogP contribution in [0.4, 0.5) is 18.9 Å². The smallest absolute Gasteiger partial charge is 0.430 e. The maximum Gasteiger partial charge on any atom is 0.430 e. The SMILES string of the molecule is COC(=O)/C=C/C(=O)N(O)CCCC[NH2+]CCCCCC(=O)Nc1ccccc1.O=C([O-])C(F)(F)F. The van der Waals surface area contributed by atoms with Crippen LogP contribution in [0.5, 0.6) is 0 Å². The van der Waals surface area contributed by atoms with Crippen LogP contribution in [0, 0.1) is 0 Å². The number of hydrogen-bond donors (Lipinski definition) is 3. The molecule has 0 aliphatic rings. The summed E-state index contributed by atoms with van der Waals surface area (Å²) >= 11 is 0. The summed E-state index contributed by atoms with van der Waals surface area (Å²) in [6.45, 7) is 2.12. The normalized spacial score (nSPS) is 10.8. The number of quaternary nitrogens is 1. The van der Waals surface area contributed by atoms with Gasteiger partial charge in [-0.3, -0.25) is 14.8 Å². The highest BCUT2D eigenvalue weighted by molar-refractivity contribution is 5.94. The quantitative estimate of drug-likeness (QED) is 0.108. The summed E-state index contributed by atoms with van der Waals surface area (Å²) in [5, 5.41) is 24.0. The first-order valence-corrected chi connectivity index (χ1v) is 11.2. The molecule has 0 bridgehead atoms. The van der Waals surface area contributed by atoms with E-state index in [9.17, 15) is 32.8 Å². The number of nitrogens with two attached hydrogens (primary N) is 1. The first kappa shape index (κ1) is 32.5. The summed E-state index contributed by atoms with van der Waals surface area (Å²) in [4.78, 5) is 43.0. The van der Waals surface area contributed by atoms with Gasteiger partial charge in [-0.25, -0.2) is 9.86 Å². The number of hydroxylamine groups is 2. The highest BCUT2D eigenvalue weighted by atomic mass is 19.4. The molecule has 0 aromatic heterocycles. The number of amides is 2. The summed E-state index contributed by atoms with van der Waals surface area (Å²) in [6.07, 6.45) is 1.75. The number of anilines is 1. The average Bonchev–Trinajstić information content (AvgIpc) is 2.83. The predicted octanol–water partition coefficient (Wildman–Crippen LogP) is 0.775. The molecule has 202 valence electrons. The fraction of sp³-hybridized carbons (Fsp3) is 0.478. The zero-order valence-electron chi connectivity index (χ0n) is 20.0. The van der Waals surface area contributed by atoms with E-state index in [1.54, 1.807) is 0 Å². The maximum atomic E-state index is 11.8. The number of esters is 1. The van der Waals surface area contributed by atoms with Crippen molar-refractivity contribution in [1.82, 2.24) is 5.06 Å². The number of halogens is 3. The van der Waals surface area contributed by atoms with E-state index in [4.69, 9.17) is 9.90 Å². The number of hydrogen-bond acceptors (Lipinski definition) is 7. The summed E-state index contributed by atoms with van der Waals surface area (Å²) in [5.74, 6) is -4.24. The fourth-order valence-corrected chi connectivity index (χ4v) is 2.59. The number of nitrogens with one attached hydrogen (secondary N) is 1. The third kappa shape index (κ3) is 18.0. The van der Waals surface area contributed by atoms with E-state index in [0.29, 0.717) is 17.9 Å². The van der Waals surface area contributed by atoms with E-state index in [1.165, 1.54) is 7.11 Å². The number of nitrogens with zero attached hydrogens (tertiary/aromatic N) is 1. The lowest BCUT2D eigenvalue weighted by Crippen LogP contribution is -2.84. The Kier molecular flexibility index (Phi) is 17.0. The third-order valence-corrected chi connectivity index (χ3v) is 4.45. The Morgan fingerprint density at radius 3 is 2.17 bits per heavy atom. The van der Waals surface area contributed by atoms with Gasteiger partial charge in [0.1, 0.15) is 5.97 Å². The molecule has 0 unspecified atom stereocenters. The van der Waals surface area contributed by atoms with Gasteiger partial charge in [0.2, 0.25) is 5.91 Å². The van der Waals surface area contributed by atoms with E-state index in [2.05, 4.69) is 15.4 Å². The van der Waals surface area contributed by atoms with Crippen LogP contribution >= 0.6 is 0 Å². The summed E-state index contributed by atoms with van der Waals surface area (Å²) in [5.41, 5.74) is 0.827. The van der Waals surface area contributed by atoms with Gasteiger partial charge in [-0.15, -0.1) is 0 Å². The molecule has 1 rings (SSSR count). The van der Waals surface area contributed by atoms with Crippen LogP contribution in [0.2, 0.25) is 0 Å². The minimum atomic E-state index is -5.19. The predicted molar refractivity (Wildman–Crippen MR) is 120 cm³/mol. The van der Waals surface area contributed by atoms with Gasteiger partial charge >= 0.3 is 12.1 Å². The number of carboxylic acids is 1.